The largest absolute Gasteiger partial charge is 0.484 e. The average molecular weight is 350 g/mol. The van der Waals surface area contributed by atoms with Crippen LogP contribution in [0.5, 0.6) is 0 Å². The fourth-order valence-corrected chi connectivity index (χ4v) is 2.94. The second-order valence-electron chi connectivity index (χ2n) is 7.83. The summed E-state index contributed by atoms with van der Waals surface area (Å²) in [6.45, 7) is 10.0. The number of rotatable bonds is 10. The fraction of sp³-hybridized carbons (Fsp3) is 0.714. The summed E-state index contributed by atoms with van der Waals surface area (Å²) >= 11 is 0. The van der Waals surface area contributed by atoms with Crippen molar-refractivity contribution in [2.45, 2.75) is 78.7 Å². The first kappa shape index (κ1) is 21.5. The molecule has 142 valence electrons. The van der Waals surface area contributed by atoms with Gasteiger partial charge in [-0.1, -0.05) is 25.5 Å². The monoisotopic (exact) mass is 350 g/mol. The summed E-state index contributed by atoms with van der Waals surface area (Å²) in [5, 5.41) is 0. The number of allylic oxidation sites excluding steroid dienone is 3. The number of ether oxygens (including phenoxy) is 2. The molecule has 0 aliphatic carbocycles. The number of esters is 1. The van der Waals surface area contributed by atoms with Gasteiger partial charge in [0.2, 0.25) is 5.78 Å². The molecule has 0 radical (unpaired) electrons. The third kappa shape index (κ3) is 7.45. The number of methoxy groups -OCH3 is 1. The van der Waals surface area contributed by atoms with Crippen LogP contribution >= 0.6 is 0 Å². The molecule has 0 fully saturated rings. The van der Waals surface area contributed by atoms with E-state index in [1.807, 2.05) is 13.8 Å². The van der Waals surface area contributed by atoms with Gasteiger partial charge >= 0.3 is 5.97 Å². The molecule has 0 saturated carbocycles. The van der Waals surface area contributed by atoms with Crippen molar-refractivity contribution >= 4 is 11.8 Å². The molecule has 1 heterocycles. The van der Waals surface area contributed by atoms with Gasteiger partial charge in [-0.15, -0.1) is 0 Å². The number of carbonyl (C=O) groups is 2. The van der Waals surface area contributed by atoms with Crippen LogP contribution in [0.3, 0.4) is 0 Å². The van der Waals surface area contributed by atoms with Gasteiger partial charge in [-0.05, 0) is 58.8 Å². The Balaban J connectivity index is 2.26. The summed E-state index contributed by atoms with van der Waals surface area (Å²) in [7, 11) is 1.43. The Morgan fingerprint density at radius 2 is 2.00 bits per heavy atom. The molecule has 0 N–H and O–H groups in total. The predicted octanol–water partition coefficient (Wildman–Crippen LogP) is 4.98. The Morgan fingerprint density at radius 1 is 1.32 bits per heavy atom. The van der Waals surface area contributed by atoms with Gasteiger partial charge in [0.25, 0.3) is 0 Å². The van der Waals surface area contributed by atoms with Crippen molar-refractivity contribution in [3.8, 4) is 0 Å². The van der Waals surface area contributed by atoms with Gasteiger partial charge in [-0.25, -0.2) is 0 Å². The van der Waals surface area contributed by atoms with Crippen LogP contribution < -0.4 is 0 Å². The molecule has 4 heteroatoms. The van der Waals surface area contributed by atoms with Gasteiger partial charge < -0.3 is 9.47 Å². The van der Waals surface area contributed by atoms with Gasteiger partial charge in [0, 0.05) is 18.4 Å². The molecule has 4 nitrogen and oxygen atoms in total. The molecule has 0 aromatic carbocycles. The van der Waals surface area contributed by atoms with Crippen LogP contribution in [0.1, 0.15) is 73.1 Å². The maximum atomic E-state index is 11.8. The van der Waals surface area contributed by atoms with Gasteiger partial charge in [0.15, 0.2) is 5.60 Å². The van der Waals surface area contributed by atoms with E-state index in [0.29, 0.717) is 12.3 Å². The zero-order valence-electron chi connectivity index (χ0n) is 16.7. The highest BCUT2D eigenvalue weighted by Gasteiger charge is 2.36. The molecule has 0 saturated heterocycles. The number of carbonyl (C=O) groups excluding carboxylic acids is 2. The first-order chi connectivity index (χ1) is 11.7. The summed E-state index contributed by atoms with van der Waals surface area (Å²) in [6.07, 6.45) is 9.57. The van der Waals surface area contributed by atoms with E-state index in [0.717, 1.165) is 37.9 Å². The molecule has 1 aliphatic heterocycles. The summed E-state index contributed by atoms with van der Waals surface area (Å²) in [5.41, 5.74) is 0.690. The third-order valence-electron chi connectivity index (χ3n) is 4.83. The molecule has 0 aromatic rings. The zero-order chi connectivity index (χ0) is 19.0. The Morgan fingerprint density at radius 3 is 2.56 bits per heavy atom. The van der Waals surface area contributed by atoms with E-state index in [4.69, 9.17) is 9.47 Å². The van der Waals surface area contributed by atoms with E-state index in [1.54, 1.807) is 6.08 Å². The second kappa shape index (κ2) is 9.79. The molecule has 2 atom stereocenters. The molecule has 1 aliphatic rings. The van der Waals surface area contributed by atoms with Crippen molar-refractivity contribution in [1.82, 2.24) is 0 Å². The summed E-state index contributed by atoms with van der Waals surface area (Å²) in [4.78, 5) is 23.0. The lowest BCUT2D eigenvalue weighted by Crippen LogP contribution is -2.28. The molecule has 25 heavy (non-hydrogen) atoms. The number of ketones is 1. The smallest absolute Gasteiger partial charge is 0.305 e. The van der Waals surface area contributed by atoms with E-state index in [-0.39, 0.29) is 17.7 Å². The topological polar surface area (TPSA) is 52.6 Å². The van der Waals surface area contributed by atoms with Gasteiger partial charge in [-0.3, -0.25) is 9.59 Å². The highest BCUT2D eigenvalue weighted by Crippen LogP contribution is 2.31. The molecular weight excluding hydrogens is 316 g/mol. The minimum Gasteiger partial charge on any atom is -0.484 e. The SMILES string of the molecule is COC(=O)CC(C)CCC=C(C)CCCC(C)C1=CC(=O)C(C)(C)O1. The van der Waals surface area contributed by atoms with E-state index >= 15 is 0 Å². The molecule has 0 bridgehead atoms. The molecule has 0 amide bonds. The standard InChI is InChI=1S/C21H34O4/c1-15(9-7-11-16(2)13-20(23)24-6)10-8-12-17(3)18-14-19(22)21(4,5)25-18/h9,14,16-17H,7-8,10-13H2,1-6H3. The van der Waals surface area contributed by atoms with E-state index < -0.39 is 5.60 Å². The van der Waals surface area contributed by atoms with Crippen LogP contribution in [-0.2, 0) is 19.1 Å². The lowest BCUT2D eigenvalue weighted by atomic mass is 9.97. The minimum absolute atomic E-state index is 0.0616. The first-order valence-electron chi connectivity index (χ1n) is 9.33. The molecule has 0 spiro atoms. The quantitative estimate of drug-likeness (QED) is 0.412. The molecule has 2 unspecified atom stereocenters. The summed E-state index contributed by atoms with van der Waals surface area (Å²) in [5.74, 6) is 1.38. The molecule has 0 aromatic heterocycles. The van der Waals surface area contributed by atoms with Crippen LogP contribution in [0, 0.1) is 11.8 Å². The minimum atomic E-state index is -0.694. The van der Waals surface area contributed by atoms with Crippen LogP contribution in [0.15, 0.2) is 23.5 Å². The fourth-order valence-electron chi connectivity index (χ4n) is 2.94. The maximum Gasteiger partial charge on any atom is 0.305 e. The van der Waals surface area contributed by atoms with Crippen LogP contribution in [0.2, 0.25) is 0 Å². The zero-order valence-corrected chi connectivity index (χ0v) is 16.7. The van der Waals surface area contributed by atoms with E-state index in [2.05, 4.69) is 26.8 Å². The summed E-state index contributed by atoms with van der Waals surface area (Å²) in [6, 6.07) is 0. The van der Waals surface area contributed by atoms with E-state index in [1.165, 1.54) is 12.7 Å². The normalized spacial score (nSPS) is 19.2. The van der Waals surface area contributed by atoms with Gasteiger partial charge in [-0.2, -0.15) is 0 Å². The highest BCUT2D eigenvalue weighted by molar-refractivity contribution is 5.98. The average Bonchev–Trinajstić information content (AvgIpc) is 2.80. The second-order valence-corrected chi connectivity index (χ2v) is 7.83. The van der Waals surface area contributed by atoms with Crippen molar-refractivity contribution in [1.29, 1.82) is 0 Å². The highest BCUT2D eigenvalue weighted by atomic mass is 16.5. The van der Waals surface area contributed by atoms with E-state index in [9.17, 15) is 9.59 Å². The Hall–Kier alpha value is -1.58. The van der Waals surface area contributed by atoms with Gasteiger partial charge in [0.05, 0.1) is 7.11 Å². The Bertz CT molecular complexity index is 528. The van der Waals surface area contributed by atoms with Crippen molar-refractivity contribution < 1.29 is 19.1 Å². The molecular formula is C21H34O4. The molecule has 1 rings (SSSR count). The lowest BCUT2D eigenvalue weighted by molar-refractivity contribution is -0.141. The van der Waals surface area contributed by atoms with Crippen molar-refractivity contribution in [3.05, 3.63) is 23.5 Å². The van der Waals surface area contributed by atoms with Crippen molar-refractivity contribution in [3.63, 3.8) is 0 Å². The predicted molar refractivity (Wildman–Crippen MR) is 100 cm³/mol. The van der Waals surface area contributed by atoms with Crippen LogP contribution in [-0.4, -0.2) is 24.5 Å². The number of hydrogen-bond donors (Lipinski definition) is 0. The van der Waals surface area contributed by atoms with Gasteiger partial charge in [0.1, 0.15) is 5.76 Å². The van der Waals surface area contributed by atoms with Crippen molar-refractivity contribution in [2.75, 3.05) is 7.11 Å². The Labute approximate surface area is 152 Å². The maximum absolute atomic E-state index is 11.8. The Kier molecular flexibility index (Phi) is 8.40. The summed E-state index contributed by atoms with van der Waals surface area (Å²) < 4.78 is 10.5. The third-order valence-corrected chi connectivity index (χ3v) is 4.83. The first-order valence-corrected chi connectivity index (χ1v) is 9.33. The number of hydrogen-bond acceptors (Lipinski definition) is 4. The lowest BCUT2D eigenvalue weighted by Gasteiger charge is -2.21. The van der Waals surface area contributed by atoms with Crippen LogP contribution in [0.4, 0.5) is 0 Å². The van der Waals surface area contributed by atoms with Crippen LogP contribution in [0.25, 0.3) is 0 Å². The van der Waals surface area contributed by atoms with Crippen molar-refractivity contribution in [2.24, 2.45) is 11.8 Å².